The van der Waals surface area contributed by atoms with Crippen molar-refractivity contribution in [2.75, 3.05) is 20.3 Å². The second-order valence-corrected chi connectivity index (χ2v) is 11.4. The van der Waals surface area contributed by atoms with E-state index in [0.717, 1.165) is 35.9 Å². The van der Waals surface area contributed by atoms with Crippen molar-refractivity contribution >= 4 is 22.7 Å². The number of aryl methyl sites for hydroxylation is 1. The molecule has 4 heterocycles. The molecule has 9 nitrogen and oxygen atoms in total. The van der Waals surface area contributed by atoms with E-state index < -0.39 is 52.9 Å². The van der Waals surface area contributed by atoms with Gasteiger partial charge < -0.3 is 25.6 Å². The summed E-state index contributed by atoms with van der Waals surface area (Å²) in [5, 5.41) is 14.4. The van der Waals surface area contributed by atoms with Crippen molar-refractivity contribution in [1.82, 2.24) is 10.3 Å². The molecule has 0 saturated heterocycles. The van der Waals surface area contributed by atoms with Crippen molar-refractivity contribution in [2.24, 2.45) is 5.73 Å². The topological polar surface area (TPSA) is 128 Å². The van der Waals surface area contributed by atoms with Crippen LogP contribution in [0.5, 0.6) is 11.5 Å². The molecule has 0 saturated carbocycles. The zero-order valence-electron chi connectivity index (χ0n) is 24.1. The maximum absolute atomic E-state index is 16.0. The van der Waals surface area contributed by atoms with Gasteiger partial charge in [-0.25, -0.2) is 0 Å². The van der Waals surface area contributed by atoms with Crippen LogP contribution in [0.4, 0.5) is 22.0 Å². The number of benzene rings is 2. The number of primary amides is 1. The molecule has 234 valence electrons. The van der Waals surface area contributed by atoms with Gasteiger partial charge in [-0.15, -0.1) is 13.3 Å². The van der Waals surface area contributed by atoms with Crippen LogP contribution >= 0.6 is 0 Å². The van der Waals surface area contributed by atoms with E-state index in [2.05, 4.69) is 10.3 Å². The highest BCUT2D eigenvalue weighted by Crippen LogP contribution is 2.53. The number of pyridine rings is 2. The number of halogens is 5. The van der Waals surface area contributed by atoms with Crippen LogP contribution in [0.15, 0.2) is 54.7 Å². The summed E-state index contributed by atoms with van der Waals surface area (Å²) in [4.78, 5) is 30.0. The number of methoxy groups -OCH3 is 1. The zero-order chi connectivity index (χ0) is 32.7. The number of alkyl halides is 5. The SMILES string of the molecule is COc1cc(C(=O)NC[C@]2(O)c3cc4c(c(-c5ccc(C(F)(F)F)cc5)[n+]3C2(F)F)OC[C@]4(C)C(N)=O)cc2cc(C)cnc12. The Morgan fingerprint density at radius 2 is 1.84 bits per heavy atom. The first-order valence-corrected chi connectivity index (χ1v) is 13.6. The van der Waals surface area contributed by atoms with E-state index in [1.165, 1.54) is 26.2 Å². The van der Waals surface area contributed by atoms with Crippen molar-refractivity contribution in [3.05, 3.63) is 82.7 Å². The summed E-state index contributed by atoms with van der Waals surface area (Å²) in [7, 11) is 1.39. The molecule has 0 radical (unpaired) electrons. The first-order chi connectivity index (χ1) is 21.0. The molecule has 2 amide bonds. The Morgan fingerprint density at radius 3 is 2.47 bits per heavy atom. The molecule has 14 heteroatoms. The number of fused-ring (bicyclic) bond motifs is 3. The Morgan fingerprint density at radius 1 is 1.16 bits per heavy atom. The average molecular weight is 630 g/mol. The minimum atomic E-state index is -4.68. The van der Waals surface area contributed by atoms with Gasteiger partial charge in [0.1, 0.15) is 23.3 Å². The first kappa shape index (κ1) is 30.2. The Bertz CT molecular complexity index is 1910. The highest BCUT2D eigenvalue weighted by atomic mass is 19.4. The molecular weight excluding hydrogens is 603 g/mol. The van der Waals surface area contributed by atoms with Crippen LogP contribution in [-0.2, 0) is 28.0 Å². The fraction of sp³-hybridized carbons (Fsp3) is 0.290. The Balaban J connectivity index is 1.42. The standard InChI is InChI=1S/C31H25F5N4O5/c1-15-8-17-9-18(10-21(44-3)23(17)38-12-15)26(41)39-13-29(43)22-11-20-25(45-14-28(20,2)27(37)42)24(40(22)31(29,35)36)16-4-6-19(7-5-16)30(32,33)34/h4-12,43H,13-14H2,1-3H3,(H2-,37,39,41,42)/p+1/t28-,29-/m0/s1. The van der Waals surface area contributed by atoms with Crippen molar-refractivity contribution in [1.29, 1.82) is 0 Å². The zero-order valence-corrected chi connectivity index (χ0v) is 24.1. The fourth-order valence-corrected chi connectivity index (χ4v) is 5.75. The van der Waals surface area contributed by atoms with Crippen LogP contribution in [0.1, 0.15) is 39.7 Å². The summed E-state index contributed by atoms with van der Waals surface area (Å²) >= 11 is 0. The maximum Gasteiger partial charge on any atom is 0.504 e. The van der Waals surface area contributed by atoms with Crippen LogP contribution in [0.2, 0.25) is 0 Å². The van der Waals surface area contributed by atoms with Gasteiger partial charge in [0.25, 0.3) is 17.2 Å². The predicted molar refractivity (Wildman–Crippen MR) is 149 cm³/mol. The summed E-state index contributed by atoms with van der Waals surface area (Å²) in [6, 6.07) is 5.16. The van der Waals surface area contributed by atoms with Crippen molar-refractivity contribution < 1.29 is 50.7 Å². The Kier molecular flexibility index (Phi) is 6.59. The maximum atomic E-state index is 16.0. The lowest BCUT2D eigenvalue weighted by atomic mass is 9.78. The summed E-state index contributed by atoms with van der Waals surface area (Å²) in [6.45, 7) is 1.94. The third-order valence-electron chi connectivity index (χ3n) is 8.41. The van der Waals surface area contributed by atoms with Crippen LogP contribution in [0, 0.1) is 6.92 Å². The number of aromatic nitrogens is 2. The third-order valence-corrected chi connectivity index (χ3v) is 8.41. The van der Waals surface area contributed by atoms with Gasteiger partial charge in [-0.2, -0.15) is 13.2 Å². The summed E-state index contributed by atoms with van der Waals surface area (Å²) in [5.74, 6) is -1.55. The summed E-state index contributed by atoms with van der Waals surface area (Å²) < 4.78 is 83.3. The lowest BCUT2D eigenvalue weighted by Gasteiger charge is -2.39. The highest BCUT2D eigenvalue weighted by molar-refractivity contribution is 6.00. The molecule has 2 aliphatic rings. The molecule has 45 heavy (non-hydrogen) atoms. The van der Waals surface area contributed by atoms with Crippen molar-refractivity contribution in [3.63, 3.8) is 0 Å². The van der Waals surface area contributed by atoms with E-state index in [4.69, 9.17) is 15.2 Å². The number of amides is 2. The molecule has 4 aromatic rings. The lowest BCUT2D eigenvalue weighted by molar-refractivity contribution is -0.895. The number of ether oxygens (including phenoxy) is 2. The number of nitrogens with zero attached hydrogens (tertiary/aromatic N) is 2. The Hall–Kier alpha value is -4.85. The second kappa shape index (κ2) is 9.83. The molecule has 2 aromatic heterocycles. The molecule has 2 aliphatic heterocycles. The average Bonchev–Trinajstić information content (AvgIpc) is 3.35. The number of rotatable bonds is 6. The number of carbonyl (C=O) groups is 2. The van der Waals surface area contributed by atoms with Gasteiger partial charge >= 0.3 is 12.2 Å². The van der Waals surface area contributed by atoms with Gasteiger partial charge in [-0.05, 0) is 61.9 Å². The Labute approximate surface area is 252 Å². The van der Waals surface area contributed by atoms with Gasteiger partial charge in [0, 0.05) is 28.8 Å². The fourth-order valence-electron chi connectivity index (χ4n) is 5.75. The predicted octanol–water partition coefficient (Wildman–Crippen LogP) is 3.84. The quantitative estimate of drug-likeness (QED) is 0.220. The second-order valence-electron chi connectivity index (χ2n) is 11.4. The number of nitrogens with two attached hydrogens (primary N) is 1. The highest BCUT2D eigenvalue weighted by Gasteiger charge is 2.79. The summed E-state index contributed by atoms with van der Waals surface area (Å²) in [6.07, 6.45) is -3.05. The van der Waals surface area contributed by atoms with Gasteiger partial charge in [0.05, 0.1) is 24.8 Å². The number of nitrogens with one attached hydrogen (secondary N) is 1. The molecular formula is C31H26F5N4O5+. The van der Waals surface area contributed by atoms with E-state index >= 15 is 8.78 Å². The van der Waals surface area contributed by atoms with E-state index in [0.29, 0.717) is 15.5 Å². The third kappa shape index (κ3) is 4.37. The molecule has 2 atom stereocenters. The van der Waals surface area contributed by atoms with E-state index in [-0.39, 0.29) is 40.5 Å². The van der Waals surface area contributed by atoms with E-state index in [9.17, 15) is 27.9 Å². The van der Waals surface area contributed by atoms with Crippen molar-refractivity contribution in [3.8, 4) is 22.8 Å². The molecule has 0 bridgehead atoms. The number of carbonyl (C=O) groups excluding carboxylic acids is 2. The van der Waals surface area contributed by atoms with Crippen LogP contribution in [-0.4, -0.2) is 42.2 Å². The monoisotopic (exact) mass is 629 g/mol. The number of hydrogen-bond donors (Lipinski definition) is 3. The van der Waals surface area contributed by atoms with E-state index in [1.807, 2.05) is 0 Å². The van der Waals surface area contributed by atoms with Crippen LogP contribution in [0.25, 0.3) is 22.2 Å². The molecule has 0 spiro atoms. The van der Waals surface area contributed by atoms with Gasteiger partial charge in [0.2, 0.25) is 11.6 Å². The van der Waals surface area contributed by atoms with Crippen LogP contribution in [0.3, 0.4) is 0 Å². The number of aliphatic hydroxyl groups is 1. The molecule has 4 N–H and O–H groups in total. The van der Waals surface area contributed by atoms with Crippen molar-refractivity contribution in [2.45, 2.75) is 37.1 Å². The molecule has 2 aromatic carbocycles. The van der Waals surface area contributed by atoms with Crippen LogP contribution < -0.4 is 25.1 Å². The molecule has 0 unspecified atom stereocenters. The van der Waals surface area contributed by atoms with E-state index in [1.54, 1.807) is 19.2 Å². The normalized spacial score (nSPS) is 21.4. The molecule has 0 aliphatic carbocycles. The minimum Gasteiger partial charge on any atom is -0.494 e. The lowest BCUT2D eigenvalue weighted by Crippen LogP contribution is -2.79. The van der Waals surface area contributed by atoms with Gasteiger partial charge in [-0.1, -0.05) is 0 Å². The smallest absolute Gasteiger partial charge is 0.494 e. The largest absolute Gasteiger partial charge is 0.504 e. The first-order valence-electron chi connectivity index (χ1n) is 13.6. The molecule has 0 fully saturated rings. The van der Waals surface area contributed by atoms with Gasteiger partial charge in [-0.3, -0.25) is 14.6 Å². The molecule has 6 rings (SSSR count). The number of hydrogen-bond acceptors (Lipinski definition) is 6. The summed E-state index contributed by atoms with van der Waals surface area (Å²) in [5.41, 5.74) is 0.695. The van der Waals surface area contributed by atoms with Gasteiger partial charge in [0.15, 0.2) is 5.75 Å². The minimum absolute atomic E-state index is 0.0555.